The van der Waals surface area contributed by atoms with Gasteiger partial charge in [0.2, 0.25) is 10.0 Å². The zero-order valence-electron chi connectivity index (χ0n) is 14.4. The number of hydrogen-bond donors (Lipinski definition) is 0. The van der Waals surface area contributed by atoms with Crippen LogP contribution in [-0.2, 0) is 21.4 Å². The van der Waals surface area contributed by atoms with E-state index in [-0.39, 0.29) is 12.5 Å². The molecule has 0 aromatic heterocycles. The monoisotopic (exact) mass is 394 g/mol. The first-order valence-electron chi connectivity index (χ1n) is 7.98. The number of likely N-dealkylation sites (N-methyl/N-ethyl adjacent to an activating group) is 1. The lowest BCUT2D eigenvalue weighted by Crippen LogP contribution is -2.50. The summed E-state index contributed by atoms with van der Waals surface area (Å²) >= 11 is 5.88. The second kappa shape index (κ2) is 7.17. The quantitative estimate of drug-likeness (QED) is 0.799. The number of amides is 1. The number of carbonyl (C=O) groups excluding carboxylic acids is 1. The van der Waals surface area contributed by atoms with Gasteiger partial charge in [0, 0.05) is 18.6 Å². The molecule has 1 aliphatic rings. The molecule has 8 heteroatoms. The number of nitrogens with zero attached hydrogens (tertiary/aromatic N) is 2. The predicted molar refractivity (Wildman–Crippen MR) is 101 cm³/mol. The molecule has 26 heavy (non-hydrogen) atoms. The highest BCUT2D eigenvalue weighted by Gasteiger charge is 2.36. The maximum atomic E-state index is 12.8. The fraction of sp³-hybridized carbons (Fsp3) is 0.278. The number of benzene rings is 2. The van der Waals surface area contributed by atoms with Crippen molar-refractivity contribution >= 4 is 33.2 Å². The lowest BCUT2D eigenvalue weighted by Gasteiger charge is -2.35. The van der Waals surface area contributed by atoms with E-state index in [2.05, 4.69) is 0 Å². The largest absolute Gasteiger partial charge is 0.476 e. The van der Waals surface area contributed by atoms with Crippen molar-refractivity contribution in [1.29, 1.82) is 0 Å². The first-order chi connectivity index (χ1) is 12.3. The normalized spacial score (nSPS) is 16.6. The Hall–Kier alpha value is -2.25. The van der Waals surface area contributed by atoms with Crippen molar-refractivity contribution in [1.82, 2.24) is 4.90 Å². The first-order valence-corrected chi connectivity index (χ1v) is 10.2. The summed E-state index contributed by atoms with van der Waals surface area (Å²) in [6.07, 6.45) is 0.213. The van der Waals surface area contributed by atoms with Crippen molar-refractivity contribution < 1.29 is 17.9 Å². The van der Waals surface area contributed by atoms with Crippen LogP contribution in [0.5, 0.6) is 5.75 Å². The number of anilines is 1. The summed E-state index contributed by atoms with van der Waals surface area (Å²) in [5, 5.41) is 0.624. The van der Waals surface area contributed by atoms with E-state index < -0.39 is 16.1 Å². The summed E-state index contributed by atoms with van der Waals surface area (Å²) in [6.45, 7) is 0.315. The second-order valence-electron chi connectivity index (χ2n) is 6.19. The molecule has 1 aliphatic heterocycles. The van der Waals surface area contributed by atoms with Gasteiger partial charge in [-0.3, -0.25) is 9.10 Å². The molecule has 2 aromatic carbocycles. The van der Waals surface area contributed by atoms with Crippen LogP contribution in [-0.4, -0.2) is 45.2 Å². The summed E-state index contributed by atoms with van der Waals surface area (Å²) in [5.41, 5.74) is 1.36. The molecule has 3 rings (SSSR count). The average Bonchev–Trinajstić information content (AvgIpc) is 2.61. The van der Waals surface area contributed by atoms with Gasteiger partial charge in [-0.05, 0) is 29.8 Å². The lowest BCUT2D eigenvalue weighted by molar-refractivity contribution is -0.137. The highest BCUT2D eigenvalue weighted by atomic mass is 35.5. The Kier molecular flexibility index (Phi) is 5.11. The van der Waals surface area contributed by atoms with Gasteiger partial charge in [0.15, 0.2) is 6.10 Å². The Labute approximate surface area is 158 Å². The van der Waals surface area contributed by atoms with Gasteiger partial charge in [0.05, 0.1) is 18.5 Å². The molecule has 0 saturated heterocycles. The molecule has 138 valence electrons. The number of ether oxygens (including phenoxy) is 1. The van der Waals surface area contributed by atoms with Gasteiger partial charge >= 0.3 is 0 Å². The molecule has 0 spiro atoms. The standard InChI is InChI=1S/C18H19ClN2O4S/c1-20(11-13-7-9-14(19)10-8-13)18(22)17-12-21(26(2,23)24)15-5-3-4-6-16(15)25-17/h3-10,17H,11-12H2,1-2H3/t17-/m0/s1. The minimum Gasteiger partial charge on any atom is -0.476 e. The van der Waals surface area contributed by atoms with Gasteiger partial charge < -0.3 is 9.64 Å². The Morgan fingerprint density at radius 2 is 1.88 bits per heavy atom. The molecule has 0 saturated carbocycles. The van der Waals surface area contributed by atoms with Gasteiger partial charge in [0.1, 0.15) is 5.75 Å². The van der Waals surface area contributed by atoms with E-state index >= 15 is 0 Å². The fourth-order valence-electron chi connectivity index (χ4n) is 2.83. The Morgan fingerprint density at radius 1 is 1.23 bits per heavy atom. The molecular weight excluding hydrogens is 376 g/mol. The molecule has 1 atom stereocenters. The number of halogens is 1. The topological polar surface area (TPSA) is 66.9 Å². The van der Waals surface area contributed by atoms with Crippen LogP contribution in [0.2, 0.25) is 5.02 Å². The third-order valence-electron chi connectivity index (χ3n) is 4.12. The van der Waals surface area contributed by atoms with E-state index in [1.165, 1.54) is 9.21 Å². The number of para-hydroxylation sites is 2. The van der Waals surface area contributed by atoms with Gasteiger partial charge in [-0.2, -0.15) is 0 Å². The summed E-state index contributed by atoms with van der Waals surface area (Å²) in [4.78, 5) is 14.3. The molecule has 6 nitrogen and oxygen atoms in total. The van der Waals surface area contributed by atoms with E-state index in [0.29, 0.717) is 23.0 Å². The van der Waals surface area contributed by atoms with Crippen molar-refractivity contribution in [3.05, 3.63) is 59.1 Å². The fourth-order valence-corrected chi connectivity index (χ4v) is 3.87. The molecule has 1 heterocycles. The number of hydrogen-bond acceptors (Lipinski definition) is 4. The van der Waals surface area contributed by atoms with Crippen LogP contribution in [0, 0.1) is 0 Å². The summed E-state index contributed by atoms with van der Waals surface area (Å²) in [5.74, 6) is 0.0884. The number of carbonyl (C=O) groups is 1. The van der Waals surface area contributed by atoms with Gasteiger partial charge in [-0.15, -0.1) is 0 Å². The molecule has 1 amide bonds. The molecule has 0 fully saturated rings. The summed E-state index contributed by atoms with van der Waals surface area (Å²) in [6, 6.07) is 14.0. The summed E-state index contributed by atoms with van der Waals surface area (Å²) in [7, 11) is -1.87. The zero-order chi connectivity index (χ0) is 18.9. The smallest absolute Gasteiger partial charge is 0.265 e. The predicted octanol–water partition coefficient (Wildman–Crippen LogP) is 2.53. The van der Waals surface area contributed by atoms with Crippen LogP contribution < -0.4 is 9.04 Å². The lowest BCUT2D eigenvalue weighted by atomic mass is 10.2. The van der Waals surface area contributed by atoms with E-state index in [9.17, 15) is 13.2 Å². The molecule has 0 N–H and O–H groups in total. The Morgan fingerprint density at radius 3 is 2.54 bits per heavy atom. The zero-order valence-corrected chi connectivity index (χ0v) is 16.0. The van der Waals surface area contributed by atoms with E-state index in [1.807, 2.05) is 12.1 Å². The van der Waals surface area contributed by atoms with Crippen LogP contribution in [0.25, 0.3) is 0 Å². The molecule has 0 unspecified atom stereocenters. The van der Waals surface area contributed by atoms with Crippen LogP contribution >= 0.6 is 11.6 Å². The van der Waals surface area contributed by atoms with Crippen molar-refractivity contribution in [3.8, 4) is 5.75 Å². The molecule has 0 bridgehead atoms. The SMILES string of the molecule is CN(Cc1ccc(Cl)cc1)C(=O)[C@@H]1CN(S(C)(=O)=O)c2ccccc2O1. The van der Waals surface area contributed by atoms with Crippen LogP contribution in [0.4, 0.5) is 5.69 Å². The van der Waals surface area contributed by atoms with E-state index in [1.54, 1.807) is 43.4 Å². The number of sulfonamides is 1. The third-order valence-corrected chi connectivity index (χ3v) is 5.52. The highest BCUT2D eigenvalue weighted by molar-refractivity contribution is 7.92. The molecule has 0 aliphatic carbocycles. The third kappa shape index (κ3) is 3.94. The molecular formula is C18H19ClN2O4S. The van der Waals surface area contributed by atoms with Crippen molar-refractivity contribution in [2.45, 2.75) is 12.6 Å². The van der Waals surface area contributed by atoms with Crippen molar-refractivity contribution in [3.63, 3.8) is 0 Å². The first kappa shape index (κ1) is 18.5. The van der Waals surface area contributed by atoms with E-state index in [0.717, 1.165) is 11.8 Å². The van der Waals surface area contributed by atoms with Gasteiger partial charge in [-0.1, -0.05) is 35.9 Å². The average molecular weight is 395 g/mol. The van der Waals surface area contributed by atoms with Crippen molar-refractivity contribution in [2.24, 2.45) is 0 Å². The van der Waals surface area contributed by atoms with Crippen LogP contribution in [0.3, 0.4) is 0 Å². The Bertz CT molecular complexity index is 915. The van der Waals surface area contributed by atoms with Gasteiger partial charge in [0.25, 0.3) is 5.91 Å². The minimum atomic E-state index is -3.53. The number of fused-ring (bicyclic) bond motifs is 1. The Balaban J connectivity index is 1.80. The van der Waals surface area contributed by atoms with Crippen LogP contribution in [0.15, 0.2) is 48.5 Å². The van der Waals surface area contributed by atoms with Gasteiger partial charge in [-0.25, -0.2) is 8.42 Å². The highest BCUT2D eigenvalue weighted by Crippen LogP contribution is 2.34. The minimum absolute atomic E-state index is 0.0559. The maximum Gasteiger partial charge on any atom is 0.265 e. The van der Waals surface area contributed by atoms with Crippen LogP contribution in [0.1, 0.15) is 5.56 Å². The second-order valence-corrected chi connectivity index (χ2v) is 8.53. The molecule has 2 aromatic rings. The van der Waals surface area contributed by atoms with Crippen molar-refractivity contribution in [2.75, 3.05) is 24.2 Å². The van der Waals surface area contributed by atoms with E-state index in [4.69, 9.17) is 16.3 Å². The number of rotatable bonds is 4. The summed E-state index contributed by atoms with van der Waals surface area (Å²) < 4.78 is 31.3. The molecule has 0 radical (unpaired) electrons. The maximum absolute atomic E-state index is 12.8.